The number of methoxy groups -OCH3 is 1. The lowest BCUT2D eigenvalue weighted by atomic mass is 10.1. The second-order valence-electron chi connectivity index (χ2n) is 4.09. The van der Waals surface area contributed by atoms with Gasteiger partial charge in [-0.1, -0.05) is 18.2 Å². The van der Waals surface area contributed by atoms with Crippen molar-refractivity contribution in [1.29, 1.82) is 5.26 Å². The third-order valence-corrected chi connectivity index (χ3v) is 2.65. The number of carbonyl (C=O) groups is 1. The van der Waals surface area contributed by atoms with Gasteiger partial charge in [0.25, 0.3) is 0 Å². The first kappa shape index (κ1) is 15.0. The van der Waals surface area contributed by atoms with Crippen molar-refractivity contribution in [3.63, 3.8) is 0 Å². The molecular weight excluding hydrogens is 242 g/mol. The molecule has 1 unspecified atom stereocenters. The van der Waals surface area contributed by atoms with Crippen LogP contribution in [-0.4, -0.2) is 26.1 Å². The van der Waals surface area contributed by atoms with Crippen LogP contribution in [0.1, 0.15) is 24.9 Å². The van der Waals surface area contributed by atoms with Crippen molar-refractivity contribution in [2.45, 2.75) is 19.4 Å². The highest BCUT2D eigenvalue weighted by Crippen LogP contribution is 2.24. The predicted molar refractivity (Wildman–Crippen MR) is 72.7 cm³/mol. The summed E-state index contributed by atoms with van der Waals surface area (Å²) in [5.41, 5.74) is 0.826. The lowest BCUT2D eigenvalue weighted by Gasteiger charge is -2.15. The molecular formula is C14H19N3O2. The van der Waals surface area contributed by atoms with Crippen LogP contribution in [0.15, 0.2) is 24.3 Å². The Bertz CT molecular complexity index is 454. The molecule has 0 aliphatic rings. The summed E-state index contributed by atoms with van der Waals surface area (Å²) in [5, 5.41) is 15.1. The zero-order chi connectivity index (χ0) is 14.1. The summed E-state index contributed by atoms with van der Waals surface area (Å²) in [6.45, 7) is 2.74. The summed E-state index contributed by atoms with van der Waals surface area (Å²) in [6, 6.07) is 9.25. The molecule has 1 rings (SSSR count). The van der Waals surface area contributed by atoms with Gasteiger partial charge >= 0.3 is 0 Å². The summed E-state index contributed by atoms with van der Waals surface area (Å²) in [7, 11) is 1.59. The van der Waals surface area contributed by atoms with Crippen molar-refractivity contribution in [2.24, 2.45) is 0 Å². The number of benzene rings is 1. The topological polar surface area (TPSA) is 74.2 Å². The summed E-state index contributed by atoms with van der Waals surface area (Å²) in [5.74, 6) is 0.657. The quantitative estimate of drug-likeness (QED) is 0.727. The SMILES string of the molecule is COc1ccccc1C(C#N)NCCCNC(C)=O. The molecule has 0 bridgehead atoms. The van der Waals surface area contributed by atoms with Crippen molar-refractivity contribution in [1.82, 2.24) is 10.6 Å². The fourth-order valence-corrected chi connectivity index (χ4v) is 1.73. The fraction of sp³-hybridized carbons (Fsp3) is 0.429. The summed E-state index contributed by atoms with van der Waals surface area (Å²) in [6.07, 6.45) is 0.771. The Morgan fingerprint density at radius 2 is 2.16 bits per heavy atom. The highest BCUT2D eigenvalue weighted by molar-refractivity contribution is 5.72. The van der Waals surface area contributed by atoms with Crippen molar-refractivity contribution >= 4 is 5.91 Å². The minimum Gasteiger partial charge on any atom is -0.496 e. The van der Waals surface area contributed by atoms with E-state index in [-0.39, 0.29) is 5.91 Å². The monoisotopic (exact) mass is 261 g/mol. The maximum absolute atomic E-state index is 10.7. The molecule has 0 radical (unpaired) electrons. The summed E-state index contributed by atoms with van der Waals surface area (Å²) >= 11 is 0. The van der Waals surface area contributed by atoms with Gasteiger partial charge in [0.15, 0.2) is 0 Å². The molecule has 19 heavy (non-hydrogen) atoms. The van der Waals surface area contributed by atoms with E-state index < -0.39 is 6.04 Å². The summed E-state index contributed by atoms with van der Waals surface area (Å²) in [4.78, 5) is 10.7. The molecule has 5 nitrogen and oxygen atoms in total. The van der Waals surface area contributed by atoms with Crippen LogP contribution in [0.5, 0.6) is 5.75 Å². The van der Waals surface area contributed by atoms with Crippen LogP contribution < -0.4 is 15.4 Å². The maximum Gasteiger partial charge on any atom is 0.216 e. The minimum absolute atomic E-state index is 0.0402. The van der Waals surface area contributed by atoms with Gasteiger partial charge in [0.2, 0.25) is 5.91 Å². The molecule has 1 amide bonds. The molecule has 0 saturated carbocycles. The van der Waals surface area contributed by atoms with E-state index in [0.29, 0.717) is 18.8 Å². The molecule has 0 aromatic heterocycles. The van der Waals surface area contributed by atoms with Gasteiger partial charge in [0.05, 0.1) is 13.2 Å². The molecule has 1 aromatic rings. The predicted octanol–water partition coefficient (Wildman–Crippen LogP) is 1.38. The number of nitriles is 1. The number of amides is 1. The Labute approximate surface area is 113 Å². The molecule has 1 aromatic carbocycles. The standard InChI is InChI=1S/C14H19N3O2/c1-11(18)16-8-5-9-17-13(10-15)12-6-3-4-7-14(12)19-2/h3-4,6-7,13,17H,5,8-9H2,1-2H3,(H,16,18). The number of hydrogen-bond acceptors (Lipinski definition) is 4. The fourth-order valence-electron chi connectivity index (χ4n) is 1.73. The van der Waals surface area contributed by atoms with Crippen LogP contribution in [-0.2, 0) is 4.79 Å². The van der Waals surface area contributed by atoms with Crippen molar-refractivity contribution < 1.29 is 9.53 Å². The Morgan fingerprint density at radius 1 is 1.42 bits per heavy atom. The van der Waals surface area contributed by atoms with E-state index in [9.17, 15) is 10.1 Å². The Hall–Kier alpha value is -2.06. The highest BCUT2D eigenvalue weighted by atomic mass is 16.5. The Kier molecular flexibility index (Phi) is 6.41. The molecule has 0 fully saturated rings. The van der Waals surface area contributed by atoms with E-state index in [0.717, 1.165) is 12.0 Å². The number of nitrogens with one attached hydrogen (secondary N) is 2. The first-order chi connectivity index (χ1) is 9.19. The van der Waals surface area contributed by atoms with Gasteiger partial charge in [-0.25, -0.2) is 0 Å². The van der Waals surface area contributed by atoms with Gasteiger partial charge in [-0.05, 0) is 19.0 Å². The van der Waals surface area contributed by atoms with Gasteiger partial charge < -0.3 is 10.1 Å². The van der Waals surface area contributed by atoms with Gasteiger partial charge in [0, 0.05) is 19.0 Å². The third kappa shape index (κ3) is 4.98. The van der Waals surface area contributed by atoms with E-state index in [4.69, 9.17) is 4.74 Å². The van der Waals surface area contributed by atoms with Gasteiger partial charge in [0.1, 0.15) is 11.8 Å². The van der Waals surface area contributed by atoms with Gasteiger partial charge in [-0.2, -0.15) is 5.26 Å². The molecule has 5 heteroatoms. The number of para-hydroxylation sites is 1. The lowest BCUT2D eigenvalue weighted by Crippen LogP contribution is -2.27. The van der Waals surface area contributed by atoms with E-state index in [1.807, 2.05) is 24.3 Å². The summed E-state index contributed by atoms with van der Waals surface area (Å²) < 4.78 is 5.24. The molecule has 102 valence electrons. The van der Waals surface area contributed by atoms with Crippen molar-refractivity contribution in [3.05, 3.63) is 29.8 Å². The molecule has 0 heterocycles. The second-order valence-corrected chi connectivity index (χ2v) is 4.09. The molecule has 0 spiro atoms. The molecule has 0 saturated heterocycles. The molecule has 0 aliphatic carbocycles. The lowest BCUT2D eigenvalue weighted by molar-refractivity contribution is -0.118. The second kappa shape index (κ2) is 8.11. The number of hydrogen-bond donors (Lipinski definition) is 2. The Balaban J connectivity index is 2.50. The molecule has 0 aliphatic heterocycles. The van der Waals surface area contributed by atoms with E-state index >= 15 is 0 Å². The van der Waals surface area contributed by atoms with Crippen LogP contribution in [0, 0.1) is 11.3 Å². The van der Waals surface area contributed by atoms with Gasteiger partial charge in [-0.3, -0.25) is 10.1 Å². The largest absolute Gasteiger partial charge is 0.496 e. The molecule has 1 atom stereocenters. The van der Waals surface area contributed by atoms with E-state index in [2.05, 4.69) is 16.7 Å². The van der Waals surface area contributed by atoms with Crippen LogP contribution in [0.3, 0.4) is 0 Å². The van der Waals surface area contributed by atoms with E-state index in [1.54, 1.807) is 7.11 Å². The normalized spacial score (nSPS) is 11.4. The minimum atomic E-state index is -0.409. The van der Waals surface area contributed by atoms with Crippen molar-refractivity contribution in [3.8, 4) is 11.8 Å². The number of ether oxygens (including phenoxy) is 1. The average molecular weight is 261 g/mol. The first-order valence-corrected chi connectivity index (χ1v) is 6.19. The third-order valence-electron chi connectivity index (χ3n) is 2.65. The van der Waals surface area contributed by atoms with Gasteiger partial charge in [-0.15, -0.1) is 0 Å². The maximum atomic E-state index is 10.7. The van der Waals surface area contributed by atoms with Crippen LogP contribution in [0.2, 0.25) is 0 Å². The zero-order valence-electron chi connectivity index (χ0n) is 11.3. The smallest absolute Gasteiger partial charge is 0.216 e. The molecule has 2 N–H and O–H groups in total. The van der Waals surface area contributed by atoms with Crippen LogP contribution >= 0.6 is 0 Å². The van der Waals surface area contributed by atoms with Crippen molar-refractivity contribution in [2.75, 3.05) is 20.2 Å². The zero-order valence-corrected chi connectivity index (χ0v) is 11.3. The number of carbonyl (C=O) groups excluding carboxylic acids is 1. The van der Waals surface area contributed by atoms with Crippen LogP contribution in [0.25, 0.3) is 0 Å². The van der Waals surface area contributed by atoms with E-state index in [1.165, 1.54) is 6.92 Å². The highest BCUT2D eigenvalue weighted by Gasteiger charge is 2.13. The first-order valence-electron chi connectivity index (χ1n) is 6.19. The average Bonchev–Trinajstić information content (AvgIpc) is 2.42. The number of nitrogens with zero attached hydrogens (tertiary/aromatic N) is 1. The number of rotatable bonds is 7. The van der Waals surface area contributed by atoms with Crippen LogP contribution in [0.4, 0.5) is 0 Å². The Morgan fingerprint density at radius 3 is 2.79 bits per heavy atom.